The molecule has 0 unspecified atom stereocenters. The van der Waals surface area contributed by atoms with Crippen LogP contribution < -0.4 is 0 Å². The Morgan fingerprint density at radius 1 is 1.15 bits per heavy atom. The van der Waals surface area contributed by atoms with E-state index in [1.54, 1.807) is 30.1 Å². The van der Waals surface area contributed by atoms with Crippen LogP contribution in [0.4, 0.5) is 5.69 Å². The van der Waals surface area contributed by atoms with Gasteiger partial charge in [0.25, 0.3) is 5.69 Å². The molecule has 0 saturated heterocycles. The van der Waals surface area contributed by atoms with Crippen LogP contribution in [-0.2, 0) is 0 Å². The lowest BCUT2D eigenvalue weighted by molar-refractivity contribution is -0.384. The SMILES string of the molecule is O=[N+]([O-])c1cccc(-c2cnc(SC3CCCC3)n2-c2cccc(Cl)c2)c1. The number of benzene rings is 2. The average Bonchev–Trinajstić information content (AvgIpc) is 3.32. The molecule has 1 saturated carbocycles. The summed E-state index contributed by atoms with van der Waals surface area (Å²) in [5.74, 6) is 0. The second-order valence-electron chi connectivity index (χ2n) is 6.57. The lowest BCUT2D eigenvalue weighted by Crippen LogP contribution is -2.03. The van der Waals surface area contributed by atoms with Gasteiger partial charge in [-0.25, -0.2) is 4.98 Å². The van der Waals surface area contributed by atoms with Gasteiger partial charge in [-0.2, -0.15) is 0 Å². The fraction of sp³-hybridized carbons (Fsp3) is 0.250. The van der Waals surface area contributed by atoms with Crippen LogP contribution in [0.2, 0.25) is 5.02 Å². The maximum atomic E-state index is 11.2. The van der Waals surface area contributed by atoms with E-state index < -0.39 is 0 Å². The average molecular weight is 400 g/mol. The van der Waals surface area contributed by atoms with Crippen LogP contribution in [0.1, 0.15) is 25.7 Å². The number of non-ortho nitro benzene ring substituents is 1. The number of imidazole rings is 1. The van der Waals surface area contributed by atoms with E-state index in [-0.39, 0.29) is 10.6 Å². The van der Waals surface area contributed by atoms with Gasteiger partial charge in [0.05, 0.1) is 16.8 Å². The number of nitrogens with zero attached hydrogens (tertiary/aromatic N) is 3. The van der Waals surface area contributed by atoms with Gasteiger partial charge in [-0.15, -0.1) is 0 Å². The standard InChI is InChI=1S/C20H18ClN3O2S/c21-15-6-4-7-16(12-15)23-19(14-5-3-8-17(11-14)24(25)26)13-22-20(23)27-18-9-1-2-10-18/h3-8,11-13,18H,1-2,9-10H2. The highest BCUT2D eigenvalue weighted by atomic mass is 35.5. The molecule has 2 aromatic carbocycles. The van der Waals surface area contributed by atoms with E-state index in [0.717, 1.165) is 22.1 Å². The third-order valence-corrected chi connectivity index (χ3v) is 6.26. The molecule has 3 aromatic rings. The minimum Gasteiger partial charge on any atom is -0.287 e. The number of hydrogen-bond donors (Lipinski definition) is 0. The van der Waals surface area contributed by atoms with Crippen molar-refractivity contribution in [3.05, 3.63) is 69.9 Å². The van der Waals surface area contributed by atoms with Crippen LogP contribution >= 0.6 is 23.4 Å². The highest BCUT2D eigenvalue weighted by Crippen LogP contribution is 2.38. The van der Waals surface area contributed by atoms with E-state index in [1.165, 1.54) is 31.7 Å². The summed E-state index contributed by atoms with van der Waals surface area (Å²) in [6.45, 7) is 0. The van der Waals surface area contributed by atoms with Crippen LogP contribution in [0.3, 0.4) is 0 Å². The largest absolute Gasteiger partial charge is 0.287 e. The summed E-state index contributed by atoms with van der Waals surface area (Å²) in [6, 6.07) is 14.3. The van der Waals surface area contributed by atoms with Gasteiger partial charge in [-0.05, 0) is 31.0 Å². The Hall–Kier alpha value is -2.31. The van der Waals surface area contributed by atoms with Crippen LogP contribution in [0.25, 0.3) is 16.9 Å². The molecule has 1 aromatic heterocycles. The molecule has 27 heavy (non-hydrogen) atoms. The molecular formula is C20H18ClN3O2S. The van der Waals surface area contributed by atoms with Gasteiger partial charge in [-0.1, -0.05) is 54.4 Å². The predicted octanol–water partition coefficient (Wildman–Crippen LogP) is 6.14. The van der Waals surface area contributed by atoms with Gasteiger partial charge in [0, 0.05) is 33.7 Å². The molecule has 0 bridgehead atoms. The molecule has 0 atom stereocenters. The molecule has 4 rings (SSSR count). The molecule has 1 heterocycles. The van der Waals surface area contributed by atoms with Crippen molar-refractivity contribution in [2.75, 3.05) is 0 Å². The maximum Gasteiger partial charge on any atom is 0.270 e. The minimum absolute atomic E-state index is 0.0661. The number of rotatable bonds is 5. The van der Waals surface area contributed by atoms with Gasteiger partial charge in [0.15, 0.2) is 5.16 Å². The quantitative estimate of drug-likeness (QED) is 0.382. The van der Waals surface area contributed by atoms with Crippen molar-refractivity contribution in [3.63, 3.8) is 0 Å². The van der Waals surface area contributed by atoms with Crippen molar-refractivity contribution in [1.82, 2.24) is 9.55 Å². The zero-order valence-electron chi connectivity index (χ0n) is 14.5. The van der Waals surface area contributed by atoms with E-state index in [4.69, 9.17) is 11.6 Å². The number of thioether (sulfide) groups is 1. The fourth-order valence-electron chi connectivity index (χ4n) is 3.42. The maximum absolute atomic E-state index is 11.2. The smallest absolute Gasteiger partial charge is 0.270 e. The van der Waals surface area contributed by atoms with Gasteiger partial charge < -0.3 is 0 Å². The summed E-state index contributed by atoms with van der Waals surface area (Å²) < 4.78 is 2.05. The summed E-state index contributed by atoms with van der Waals surface area (Å²) in [6.07, 6.45) is 6.69. The number of aromatic nitrogens is 2. The third-order valence-electron chi connectivity index (χ3n) is 4.72. The first kappa shape index (κ1) is 18.1. The van der Waals surface area contributed by atoms with Crippen molar-refractivity contribution in [1.29, 1.82) is 0 Å². The number of nitro groups is 1. The van der Waals surface area contributed by atoms with Gasteiger partial charge >= 0.3 is 0 Å². The first-order valence-corrected chi connectivity index (χ1v) is 10.1. The summed E-state index contributed by atoms with van der Waals surface area (Å²) in [7, 11) is 0. The number of hydrogen-bond acceptors (Lipinski definition) is 4. The van der Waals surface area contributed by atoms with E-state index in [9.17, 15) is 10.1 Å². The molecule has 0 aliphatic heterocycles. The van der Waals surface area contributed by atoms with E-state index in [0.29, 0.717) is 10.3 Å². The lowest BCUT2D eigenvalue weighted by Gasteiger charge is -2.14. The normalized spacial score (nSPS) is 14.6. The number of nitro benzene ring substituents is 1. The summed E-state index contributed by atoms with van der Waals surface area (Å²) in [5.41, 5.74) is 2.55. The first-order valence-electron chi connectivity index (χ1n) is 8.87. The van der Waals surface area contributed by atoms with Crippen molar-refractivity contribution < 1.29 is 4.92 Å². The Labute approximate surface area is 166 Å². The molecule has 7 heteroatoms. The molecule has 0 amide bonds. The minimum atomic E-state index is -0.377. The van der Waals surface area contributed by atoms with Crippen LogP contribution in [0.15, 0.2) is 59.9 Å². The topological polar surface area (TPSA) is 61.0 Å². The van der Waals surface area contributed by atoms with Crippen molar-refractivity contribution in [2.24, 2.45) is 0 Å². The molecule has 138 valence electrons. The Bertz CT molecular complexity index is 983. The molecular weight excluding hydrogens is 382 g/mol. The van der Waals surface area contributed by atoms with Gasteiger partial charge in [0.1, 0.15) is 0 Å². The highest BCUT2D eigenvalue weighted by molar-refractivity contribution is 7.99. The molecule has 1 aliphatic rings. The molecule has 0 radical (unpaired) electrons. The van der Waals surface area contributed by atoms with Gasteiger partial charge in [0.2, 0.25) is 0 Å². The molecule has 1 fully saturated rings. The predicted molar refractivity (Wildman–Crippen MR) is 109 cm³/mol. The zero-order chi connectivity index (χ0) is 18.8. The lowest BCUT2D eigenvalue weighted by atomic mass is 10.1. The first-order chi connectivity index (χ1) is 13.1. The Balaban J connectivity index is 1.82. The van der Waals surface area contributed by atoms with E-state index in [1.807, 2.05) is 34.9 Å². The Kier molecular flexibility index (Phi) is 5.18. The van der Waals surface area contributed by atoms with Crippen LogP contribution in [0.5, 0.6) is 0 Å². The van der Waals surface area contributed by atoms with Crippen molar-refractivity contribution in [3.8, 4) is 16.9 Å². The summed E-state index contributed by atoms with van der Waals surface area (Å²) in [4.78, 5) is 15.5. The second kappa shape index (κ2) is 7.74. The molecule has 5 nitrogen and oxygen atoms in total. The Morgan fingerprint density at radius 2 is 1.93 bits per heavy atom. The Morgan fingerprint density at radius 3 is 2.67 bits per heavy atom. The van der Waals surface area contributed by atoms with Crippen molar-refractivity contribution >= 4 is 29.1 Å². The van der Waals surface area contributed by atoms with Crippen molar-refractivity contribution in [2.45, 2.75) is 36.1 Å². The van der Waals surface area contributed by atoms with Gasteiger partial charge in [-0.3, -0.25) is 14.7 Å². The highest BCUT2D eigenvalue weighted by Gasteiger charge is 2.22. The van der Waals surface area contributed by atoms with Crippen LogP contribution in [-0.4, -0.2) is 19.7 Å². The molecule has 0 N–H and O–H groups in total. The van der Waals surface area contributed by atoms with E-state index in [2.05, 4.69) is 4.98 Å². The number of halogens is 1. The van der Waals surface area contributed by atoms with E-state index >= 15 is 0 Å². The van der Waals surface area contributed by atoms with Crippen LogP contribution in [0, 0.1) is 10.1 Å². The molecule has 0 spiro atoms. The molecule has 1 aliphatic carbocycles. The summed E-state index contributed by atoms with van der Waals surface area (Å²) >= 11 is 8.00. The zero-order valence-corrected chi connectivity index (χ0v) is 16.1. The monoisotopic (exact) mass is 399 g/mol. The summed E-state index contributed by atoms with van der Waals surface area (Å²) in [5, 5.41) is 13.3. The second-order valence-corrected chi connectivity index (χ2v) is 8.28. The fourth-order valence-corrected chi connectivity index (χ4v) is 4.89. The third kappa shape index (κ3) is 3.87.